The number of methoxy groups -OCH3 is 1. The molecule has 41 heavy (non-hydrogen) atoms. The highest BCUT2D eigenvalue weighted by Crippen LogP contribution is 2.65. The summed E-state index contributed by atoms with van der Waals surface area (Å²) in [5.41, 5.74) is -0.142. The minimum absolute atomic E-state index is 0.0500. The first-order valence-electron chi connectivity index (χ1n) is 13.5. The number of carbonyl (C=O) groups excluding carboxylic acids is 2. The van der Waals surface area contributed by atoms with Crippen LogP contribution in [0.25, 0.3) is 0 Å². The van der Waals surface area contributed by atoms with E-state index in [4.69, 9.17) is 8.37 Å². The van der Waals surface area contributed by atoms with Crippen LogP contribution < -0.4 is 4.74 Å². The van der Waals surface area contributed by atoms with Crippen LogP contribution in [0.1, 0.15) is 49.0 Å². The standard InChI is InChI=1S/C32H36O6S3/c1-31(2)24-18-19-32(31,29(33)20-24)21-41(35,36)38-40(4,5)28-16-8-23(9-17-28)30(34)22-6-12-26(13-7-22)39-27-14-10-25(37-3)11-15-27/h6-17,24H,18-21H2,1-5H3. The van der Waals surface area contributed by atoms with E-state index in [1.807, 2.05) is 62.4 Å². The highest BCUT2D eigenvalue weighted by atomic mass is 32.3. The molecule has 2 fully saturated rings. The molecule has 9 heteroatoms. The molecule has 0 radical (unpaired) electrons. The summed E-state index contributed by atoms with van der Waals surface area (Å²) in [7, 11) is -4.55. The third kappa shape index (κ3) is 5.74. The summed E-state index contributed by atoms with van der Waals surface area (Å²) in [5.74, 6) is 0.696. The van der Waals surface area contributed by atoms with Gasteiger partial charge in [-0.2, -0.15) is 8.42 Å². The summed E-state index contributed by atoms with van der Waals surface area (Å²) in [6.07, 6.45) is 5.48. The van der Waals surface area contributed by atoms with E-state index in [-0.39, 0.29) is 28.7 Å². The normalized spacial score (nSPS) is 22.1. The molecule has 0 aromatic heterocycles. The summed E-state index contributed by atoms with van der Waals surface area (Å²) in [5, 5.41) is 0. The molecule has 5 rings (SSSR count). The van der Waals surface area contributed by atoms with Crippen molar-refractivity contribution >= 4 is 43.8 Å². The topological polar surface area (TPSA) is 86.7 Å². The second kappa shape index (κ2) is 10.9. The number of rotatable bonds is 10. The molecule has 2 aliphatic rings. The van der Waals surface area contributed by atoms with Crippen molar-refractivity contribution in [1.82, 2.24) is 0 Å². The molecular formula is C32H36O6S3. The molecule has 0 spiro atoms. The van der Waals surface area contributed by atoms with Crippen LogP contribution in [0.3, 0.4) is 0 Å². The summed E-state index contributed by atoms with van der Waals surface area (Å²) in [6.45, 7) is 4.04. The monoisotopic (exact) mass is 612 g/mol. The fraction of sp³-hybridized carbons (Fsp3) is 0.375. The van der Waals surface area contributed by atoms with Crippen molar-refractivity contribution in [1.29, 1.82) is 0 Å². The molecule has 0 amide bonds. The van der Waals surface area contributed by atoms with Crippen LogP contribution in [0, 0.1) is 16.7 Å². The van der Waals surface area contributed by atoms with E-state index in [0.717, 1.165) is 22.0 Å². The Balaban J connectivity index is 1.25. The van der Waals surface area contributed by atoms with E-state index < -0.39 is 25.8 Å². The minimum Gasteiger partial charge on any atom is -0.497 e. The number of benzene rings is 3. The van der Waals surface area contributed by atoms with Gasteiger partial charge in [-0.15, -0.1) is 0 Å². The fourth-order valence-corrected chi connectivity index (χ4v) is 11.8. The van der Waals surface area contributed by atoms with Gasteiger partial charge in [0.1, 0.15) is 11.5 Å². The number of hydrogen-bond acceptors (Lipinski definition) is 7. The Hall–Kier alpha value is -2.59. The van der Waals surface area contributed by atoms with Gasteiger partial charge in [0, 0.05) is 32.2 Å². The van der Waals surface area contributed by atoms with Crippen molar-refractivity contribution in [3.63, 3.8) is 0 Å². The number of hydrogen-bond donors (Lipinski definition) is 0. The zero-order valence-corrected chi connectivity index (χ0v) is 26.5. The van der Waals surface area contributed by atoms with Crippen LogP contribution in [-0.4, -0.2) is 45.4 Å². The third-order valence-electron chi connectivity index (χ3n) is 8.93. The maximum atomic E-state index is 13.3. The number of ether oxygens (including phenoxy) is 1. The zero-order chi connectivity index (χ0) is 29.6. The third-order valence-corrected chi connectivity index (χ3v) is 14.4. The number of Topliss-reactive ketones (excluding diaryl/α,β-unsaturated/α-hetero) is 1. The fourth-order valence-electron chi connectivity index (χ4n) is 6.29. The lowest BCUT2D eigenvalue weighted by molar-refractivity contribution is -0.128. The number of fused-ring (bicyclic) bond motifs is 2. The first-order chi connectivity index (χ1) is 19.3. The van der Waals surface area contributed by atoms with Crippen molar-refractivity contribution in [3.05, 3.63) is 83.9 Å². The molecule has 2 bridgehead atoms. The lowest BCUT2D eigenvalue weighted by Crippen LogP contribution is -2.42. The molecule has 6 nitrogen and oxygen atoms in total. The Morgan fingerprint density at radius 3 is 1.93 bits per heavy atom. The predicted molar refractivity (Wildman–Crippen MR) is 165 cm³/mol. The molecule has 0 N–H and O–H groups in total. The van der Waals surface area contributed by atoms with E-state index in [2.05, 4.69) is 0 Å². The molecule has 0 heterocycles. The molecular weight excluding hydrogens is 577 g/mol. The van der Waals surface area contributed by atoms with Crippen LogP contribution >= 0.6 is 22.1 Å². The van der Waals surface area contributed by atoms with Crippen molar-refractivity contribution in [2.24, 2.45) is 16.7 Å². The molecule has 2 aliphatic carbocycles. The van der Waals surface area contributed by atoms with Gasteiger partial charge in [-0.05, 0) is 109 Å². The Kier molecular flexibility index (Phi) is 7.96. The van der Waals surface area contributed by atoms with Crippen LogP contribution in [0.15, 0.2) is 87.5 Å². The first kappa shape index (κ1) is 29.9. The maximum absolute atomic E-state index is 13.3. The van der Waals surface area contributed by atoms with Crippen molar-refractivity contribution < 1.29 is 26.4 Å². The predicted octanol–water partition coefficient (Wildman–Crippen LogP) is 7.16. The second-order valence-corrected chi connectivity index (χ2v) is 17.9. The van der Waals surface area contributed by atoms with Crippen LogP contribution in [0.4, 0.5) is 0 Å². The van der Waals surface area contributed by atoms with Crippen molar-refractivity contribution in [3.8, 4) is 5.75 Å². The van der Waals surface area contributed by atoms with E-state index in [1.54, 1.807) is 55.6 Å². The number of ketones is 2. The molecule has 3 aromatic rings. The van der Waals surface area contributed by atoms with Gasteiger partial charge in [0.2, 0.25) is 0 Å². The maximum Gasteiger partial charge on any atom is 0.277 e. The Bertz CT molecular complexity index is 1560. The number of carbonyl (C=O) groups is 2. The van der Waals surface area contributed by atoms with Gasteiger partial charge in [0.15, 0.2) is 5.78 Å². The summed E-state index contributed by atoms with van der Waals surface area (Å²) >= 11 is 1.60. The van der Waals surface area contributed by atoms with Gasteiger partial charge in [-0.1, -0.05) is 35.9 Å². The first-order valence-corrected chi connectivity index (χ1v) is 18.3. The summed E-state index contributed by atoms with van der Waals surface area (Å²) in [6, 6.07) is 22.2. The lowest BCUT2D eigenvalue weighted by atomic mass is 9.70. The quantitative estimate of drug-likeness (QED) is 0.225. The molecule has 2 saturated carbocycles. The average molecular weight is 613 g/mol. The summed E-state index contributed by atoms with van der Waals surface area (Å²) in [4.78, 5) is 28.8. The Labute approximate surface area is 248 Å². The van der Waals surface area contributed by atoms with E-state index in [9.17, 15) is 18.0 Å². The van der Waals surface area contributed by atoms with Crippen molar-refractivity contribution in [2.45, 2.75) is 47.8 Å². The Morgan fingerprint density at radius 2 is 1.44 bits per heavy atom. The smallest absolute Gasteiger partial charge is 0.277 e. The zero-order valence-electron chi connectivity index (χ0n) is 24.0. The van der Waals surface area contributed by atoms with Gasteiger partial charge in [0.25, 0.3) is 10.1 Å². The highest BCUT2D eigenvalue weighted by molar-refractivity contribution is 8.32. The van der Waals surface area contributed by atoms with Crippen LogP contribution in [0.2, 0.25) is 0 Å². The minimum atomic E-state index is -3.98. The lowest BCUT2D eigenvalue weighted by Gasteiger charge is -2.37. The van der Waals surface area contributed by atoms with Gasteiger partial charge in [-0.25, -0.2) is 3.63 Å². The SMILES string of the molecule is COc1ccc(Sc2ccc(C(=O)c3ccc(S(C)(C)OS(=O)(=O)CC45CCC(CC4=O)C5(C)C)cc3)cc2)cc1. The molecule has 0 saturated heterocycles. The van der Waals surface area contributed by atoms with Crippen LogP contribution in [-0.2, 0) is 18.5 Å². The van der Waals surface area contributed by atoms with Gasteiger partial charge >= 0.3 is 0 Å². The molecule has 218 valence electrons. The van der Waals surface area contributed by atoms with E-state index >= 15 is 0 Å². The highest BCUT2D eigenvalue weighted by Gasteiger charge is 2.65. The second-order valence-electron chi connectivity index (χ2n) is 11.8. The van der Waals surface area contributed by atoms with E-state index in [0.29, 0.717) is 28.9 Å². The largest absolute Gasteiger partial charge is 0.497 e. The van der Waals surface area contributed by atoms with Gasteiger partial charge in [0.05, 0.1) is 18.3 Å². The van der Waals surface area contributed by atoms with Gasteiger partial charge < -0.3 is 4.74 Å². The van der Waals surface area contributed by atoms with Crippen molar-refractivity contribution in [2.75, 3.05) is 25.4 Å². The van der Waals surface area contributed by atoms with Gasteiger partial charge in [-0.3, -0.25) is 9.59 Å². The Morgan fingerprint density at radius 1 is 0.902 bits per heavy atom. The van der Waals surface area contributed by atoms with E-state index in [1.165, 1.54) is 0 Å². The molecule has 3 aromatic carbocycles. The molecule has 2 unspecified atom stereocenters. The molecule has 0 aliphatic heterocycles. The summed E-state index contributed by atoms with van der Waals surface area (Å²) < 4.78 is 37.6. The molecule has 2 atom stereocenters. The average Bonchev–Trinajstić information content (AvgIpc) is 3.27. The van der Waals surface area contributed by atoms with Crippen LogP contribution in [0.5, 0.6) is 5.75 Å².